The van der Waals surface area contributed by atoms with Crippen LogP contribution in [0.1, 0.15) is 29.8 Å². The topological polar surface area (TPSA) is 94.4 Å². The molecule has 0 aliphatic rings. The van der Waals surface area contributed by atoms with Crippen LogP contribution in [-0.2, 0) is 21.2 Å². The molecule has 8 nitrogen and oxygen atoms in total. The Labute approximate surface area is 225 Å². The summed E-state index contributed by atoms with van der Waals surface area (Å²) in [7, 11) is -2.00. The quantitative estimate of drug-likeness (QED) is 0.259. The molecule has 2 aromatic heterocycles. The molecule has 0 saturated carbocycles. The molecule has 11 heteroatoms. The van der Waals surface area contributed by atoms with Crippen molar-refractivity contribution >= 4 is 54.0 Å². The first-order chi connectivity index (χ1) is 17.6. The summed E-state index contributed by atoms with van der Waals surface area (Å²) in [6.07, 6.45) is 0.265. The summed E-state index contributed by atoms with van der Waals surface area (Å²) in [5, 5.41) is 5.68. The molecule has 0 saturated heterocycles. The van der Waals surface area contributed by atoms with Gasteiger partial charge in [-0.05, 0) is 75.2 Å². The molecule has 0 bridgehead atoms. The number of hydrogen-bond acceptors (Lipinski definition) is 7. The third-order valence-corrected chi connectivity index (χ3v) is 9.40. The van der Waals surface area contributed by atoms with Gasteiger partial charge in [-0.3, -0.25) is 14.4 Å². The first-order valence-corrected chi connectivity index (χ1v) is 14.7. The molecule has 0 N–H and O–H groups in total. The van der Waals surface area contributed by atoms with Gasteiger partial charge in [-0.2, -0.15) is 5.10 Å². The van der Waals surface area contributed by atoms with Crippen molar-refractivity contribution in [2.75, 3.05) is 24.3 Å². The first kappa shape index (κ1) is 27.1. The molecule has 0 unspecified atom stereocenters. The number of nitrogens with zero attached hydrogens (tertiary/aromatic N) is 4. The number of halogens is 1. The number of carbonyl (C=O) groups excluding carboxylic acids is 1. The van der Waals surface area contributed by atoms with Crippen LogP contribution in [0.15, 0.2) is 47.4 Å². The van der Waals surface area contributed by atoms with Crippen molar-refractivity contribution in [3.63, 3.8) is 0 Å². The monoisotopic (exact) mass is 560 g/mol. The second-order valence-corrected chi connectivity index (χ2v) is 12.3. The Hall–Kier alpha value is -2.95. The molecule has 1 amide bonds. The predicted octanol–water partition coefficient (Wildman–Crippen LogP) is 5.37. The summed E-state index contributed by atoms with van der Waals surface area (Å²) < 4.78 is 33.5. The highest BCUT2D eigenvalue weighted by molar-refractivity contribution is 7.91. The second-order valence-electron chi connectivity index (χ2n) is 8.81. The summed E-state index contributed by atoms with van der Waals surface area (Å²) in [5.74, 6) is 0.263. The van der Waals surface area contributed by atoms with Gasteiger partial charge in [-0.15, -0.1) is 0 Å². The highest BCUT2D eigenvalue weighted by atomic mass is 35.5. The lowest BCUT2D eigenvalue weighted by molar-refractivity contribution is -0.118. The van der Waals surface area contributed by atoms with E-state index in [1.165, 1.54) is 30.6 Å². The van der Waals surface area contributed by atoms with Crippen LogP contribution in [0, 0.1) is 20.8 Å². The highest BCUT2D eigenvalue weighted by Gasteiger charge is 2.22. The number of anilines is 1. The number of sulfone groups is 1. The Balaban J connectivity index is 1.52. The molecular formula is C26H29ClN4O4S2. The zero-order chi connectivity index (χ0) is 26.7. The summed E-state index contributed by atoms with van der Waals surface area (Å²) in [4.78, 5) is 20.0. The number of ether oxygens (including phenoxy) is 1. The fraction of sp³-hybridized carbons (Fsp3) is 0.346. The number of aryl methyl sites for hydroxylation is 3. The van der Waals surface area contributed by atoms with E-state index in [0.29, 0.717) is 29.0 Å². The van der Waals surface area contributed by atoms with E-state index in [4.69, 9.17) is 21.3 Å². The molecule has 2 heterocycles. The van der Waals surface area contributed by atoms with E-state index in [1.807, 2.05) is 43.7 Å². The van der Waals surface area contributed by atoms with Gasteiger partial charge in [-0.1, -0.05) is 22.9 Å². The summed E-state index contributed by atoms with van der Waals surface area (Å²) in [6, 6.07) is 12.0. The van der Waals surface area contributed by atoms with E-state index < -0.39 is 9.84 Å². The molecule has 0 atom stereocenters. The molecule has 2 aromatic carbocycles. The van der Waals surface area contributed by atoms with E-state index in [-0.39, 0.29) is 29.4 Å². The Morgan fingerprint density at radius 1 is 1.14 bits per heavy atom. The van der Waals surface area contributed by atoms with E-state index >= 15 is 0 Å². The van der Waals surface area contributed by atoms with Crippen molar-refractivity contribution in [3.8, 4) is 5.75 Å². The van der Waals surface area contributed by atoms with Gasteiger partial charge in [0.25, 0.3) is 0 Å². The number of rotatable bonds is 10. The van der Waals surface area contributed by atoms with Gasteiger partial charge in [0, 0.05) is 23.7 Å². The number of amides is 1. The van der Waals surface area contributed by atoms with Crippen LogP contribution in [0.25, 0.3) is 10.2 Å². The SMILES string of the molecule is COc1ccc(S(=O)(=O)CCCC(=O)N(CCn2nc(C)cc2C)c2nc3c(C)c(Cl)ccc3s2)cc1. The van der Waals surface area contributed by atoms with Gasteiger partial charge >= 0.3 is 0 Å². The number of fused-ring (bicyclic) bond motifs is 1. The van der Waals surface area contributed by atoms with Crippen LogP contribution >= 0.6 is 22.9 Å². The zero-order valence-corrected chi connectivity index (χ0v) is 23.6. The number of aromatic nitrogens is 3. The van der Waals surface area contributed by atoms with E-state index in [0.717, 1.165) is 27.2 Å². The molecular weight excluding hydrogens is 532 g/mol. The van der Waals surface area contributed by atoms with Crippen LogP contribution < -0.4 is 9.64 Å². The molecule has 4 rings (SSSR count). The molecule has 196 valence electrons. The number of hydrogen-bond donors (Lipinski definition) is 0. The minimum Gasteiger partial charge on any atom is -0.497 e. The lowest BCUT2D eigenvalue weighted by Crippen LogP contribution is -2.34. The Kier molecular flexibility index (Phi) is 8.20. The fourth-order valence-corrected chi connectivity index (χ4v) is 6.61. The van der Waals surface area contributed by atoms with Crippen molar-refractivity contribution in [1.29, 1.82) is 0 Å². The lowest BCUT2D eigenvalue weighted by Gasteiger charge is -2.20. The highest BCUT2D eigenvalue weighted by Crippen LogP contribution is 2.34. The van der Waals surface area contributed by atoms with Gasteiger partial charge in [0.15, 0.2) is 15.0 Å². The lowest BCUT2D eigenvalue weighted by atomic mass is 10.2. The average molecular weight is 561 g/mol. The van der Waals surface area contributed by atoms with Gasteiger partial charge in [0.1, 0.15) is 5.75 Å². The second kappa shape index (κ2) is 11.2. The van der Waals surface area contributed by atoms with Crippen molar-refractivity contribution in [1.82, 2.24) is 14.8 Å². The average Bonchev–Trinajstić information content (AvgIpc) is 3.44. The predicted molar refractivity (Wildman–Crippen MR) is 148 cm³/mol. The maximum atomic E-state index is 13.4. The third kappa shape index (κ3) is 6.14. The molecule has 37 heavy (non-hydrogen) atoms. The number of thiazole rings is 1. The largest absolute Gasteiger partial charge is 0.497 e. The van der Waals surface area contributed by atoms with Crippen molar-refractivity contribution < 1.29 is 17.9 Å². The zero-order valence-electron chi connectivity index (χ0n) is 21.2. The molecule has 0 radical (unpaired) electrons. The minimum absolute atomic E-state index is 0.0716. The number of methoxy groups -OCH3 is 1. The van der Waals surface area contributed by atoms with Gasteiger partial charge < -0.3 is 4.74 Å². The maximum Gasteiger partial charge on any atom is 0.228 e. The van der Waals surface area contributed by atoms with Crippen LogP contribution in [0.4, 0.5) is 5.13 Å². The smallest absolute Gasteiger partial charge is 0.228 e. The molecule has 0 spiro atoms. The standard InChI is InChI=1S/C26H29ClN4O4S2/c1-17-16-18(2)31(29-17)14-13-30(26-28-25-19(3)22(27)11-12-23(25)36-26)24(32)6-5-15-37(33,34)21-9-7-20(35-4)8-10-21/h7-12,16H,5-6,13-15H2,1-4H3. The molecule has 0 aliphatic carbocycles. The van der Waals surface area contributed by atoms with Crippen LogP contribution in [-0.4, -0.2) is 48.5 Å². The van der Waals surface area contributed by atoms with E-state index in [9.17, 15) is 13.2 Å². The number of benzene rings is 2. The Bertz CT molecular complexity index is 1530. The van der Waals surface area contributed by atoms with Crippen molar-refractivity contribution in [2.24, 2.45) is 0 Å². The fourth-order valence-electron chi connectivity index (χ4n) is 4.08. The number of carbonyl (C=O) groups is 1. The van der Waals surface area contributed by atoms with Gasteiger partial charge in [0.2, 0.25) is 5.91 Å². The van der Waals surface area contributed by atoms with Crippen molar-refractivity contribution in [3.05, 3.63) is 64.4 Å². The first-order valence-electron chi connectivity index (χ1n) is 11.8. The normalized spacial score (nSPS) is 11.7. The molecule has 0 fully saturated rings. The summed E-state index contributed by atoms with van der Waals surface area (Å²) in [5.41, 5.74) is 3.53. The Morgan fingerprint density at radius 3 is 2.51 bits per heavy atom. The van der Waals surface area contributed by atoms with Crippen LogP contribution in [0.2, 0.25) is 5.02 Å². The molecule has 0 aliphatic heterocycles. The van der Waals surface area contributed by atoms with E-state index in [2.05, 4.69) is 5.10 Å². The van der Waals surface area contributed by atoms with Crippen molar-refractivity contribution in [2.45, 2.75) is 45.1 Å². The molecule has 4 aromatic rings. The third-order valence-electron chi connectivity index (χ3n) is 6.13. The summed E-state index contributed by atoms with van der Waals surface area (Å²) >= 11 is 7.70. The minimum atomic E-state index is -3.53. The van der Waals surface area contributed by atoms with Gasteiger partial charge in [-0.25, -0.2) is 13.4 Å². The maximum absolute atomic E-state index is 13.4. The van der Waals surface area contributed by atoms with E-state index in [1.54, 1.807) is 17.0 Å². The van der Waals surface area contributed by atoms with Crippen LogP contribution in [0.5, 0.6) is 5.75 Å². The van der Waals surface area contributed by atoms with Crippen LogP contribution in [0.3, 0.4) is 0 Å². The van der Waals surface area contributed by atoms with Gasteiger partial charge in [0.05, 0.1) is 40.2 Å². The Morgan fingerprint density at radius 2 is 1.86 bits per heavy atom. The summed E-state index contributed by atoms with van der Waals surface area (Å²) in [6.45, 7) is 6.65.